The number of aryl methyl sites for hydroxylation is 1. The highest BCUT2D eigenvalue weighted by Crippen LogP contribution is 2.35. The molecule has 0 radical (unpaired) electrons. The van der Waals surface area contributed by atoms with E-state index in [2.05, 4.69) is 16.0 Å². The Morgan fingerprint density at radius 2 is 2.24 bits per heavy atom. The molecule has 1 aliphatic carbocycles. The summed E-state index contributed by atoms with van der Waals surface area (Å²) in [6.07, 6.45) is 5.08. The van der Waals surface area contributed by atoms with Crippen LogP contribution in [0.15, 0.2) is 18.2 Å². The van der Waals surface area contributed by atoms with Crippen molar-refractivity contribution in [1.29, 1.82) is 0 Å². The fraction of sp³-hybridized carbons (Fsp3) is 0.579. The molecule has 1 aromatic rings. The van der Waals surface area contributed by atoms with Gasteiger partial charge in [-0.3, -0.25) is 4.79 Å². The molecule has 1 aromatic carbocycles. The molecular formula is C19H25N3O3. The lowest BCUT2D eigenvalue weighted by Crippen LogP contribution is -2.61. The van der Waals surface area contributed by atoms with Gasteiger partial charge in [0.25, 0.3) is 0 Å². The number of amides is 3. The zero-order chi connectivity index (χ0) is 17.4. The normalized spacial score (nSPS) is 30.5. The number of carbonyl (C=O) groups excluding carboxylic acids is 2. The van der Waals surface area contributed by atoms with Gasteiger partial charge in [-0.25, -0.2) is 4.79 Å². The van der Waals surface area contributed by atoms with Gasteiger partial charge in [0.05, 0.1) is 24.0 Å². The van der Waals surface area contributed by atoms with Crippen LogP contribution in [0.5, 0.6) is 5.75 Å². The standard InChI is InChI=1S/C19H25N3O3/c1-12-5-4-6-13-9-14(11-25-17(12)13)20-18(24)22-19-8-3-2-7-15(19)21-16(23)10-19/h4-6,14-15H,2-3,7-11H2,1H3,(H,21,23)(H2,20,22,24)/t14?,15-,19+/m0/s1. The van der Waals surface area contributed by atoms with E-state index in [1.54, 1.807) is 0 Å². The van der Waals surface area contributed by atoms with E-state index in [0.717, 1.165) is 49.0 Å². The molecule has 3 N–H and O–H groups in total. The van der Waals surface area contributed by atoms with Crippen LogP contribution in [0.4, 0.5) is 4.79 Å². The Hall–Kier alpha value is -2.24. The van der Waals surface area contributed by atoms with E-state index in [9.17, 15) is 9.59 Å². The second-order valence-electron chi connectivity index (χ2n) is 7.57. The summed E-state index contributed by atoms with van der Waals surface area (Å²) in [7, 11) is 0. The van der Waals surface area contributed by atoms with Crippen LogP contribution in [-0.4, -0.2) is 36.2 Å². The molecule has 6 nitrogen and oxygen atoms in total. The van der Waals surface area contributed by atoms with Gasteiger partial charge in [0.15, 0.2) is 0 Å². The Balaban J connectivity index is 1.40. The number of urea groups is 1. The number of hydrogen-bond acceptors (Lipinski definition) is 3. The number of hydrogen-bond donors (Lipinski definition) is 3. The van der Waals surface area contributed by atoms with E-state index < -0.39 is 5.54 Å². The molecule has 2 aliphatic heterocycles. The number of rotatable bonds is 2. The number of nitrogens with one attached hydrogen (secondary N) is 3. The Morgan fingerprint density at radius 1 is 1.36 bits per heavy atom. The zero-order valence-electron chi connectivity index (χ0n) is 14.6. The van der Waals surface area contributed by atoms with E-state index in [4.69, 9.17) is 4.74 Å². The van der Waals surface area contributed by atoms with Crippen molar-refractivity contribution in [3.05, 3.63) is 29.3 Å². The predicted octanol–water partition coefficient (Wildman–Crippen LogP) is 1.80. The van der Waals surface area contributed by atoms with Crippen molar-refractivity contribution < 1.29 is 14.3 Å². The first-order valence-electron chi connectivity index (χ1n) is 9.15. The second-order valence-corrected chi connectivity index (χ2v) is 7.57. The van der Waals surface area contributed by atoms with E-state index in [1.165, 1.54) is 0 Å². The summed E-state index contributed by atoms with van der Waals surface area (Å²) in [6, 6.07) is 5.90. The van der Waals surface area contributed by atoms with Crippen molar-refractivity contribution in [1.82, 2.24) is 16.0 Å². The Morgan fingerprint density at radius 3 is 3.12 bits per heavy atom. The first-order chi connectivity index (χ1) is 12.1. The van der Waals surface area contributed by atoms with Crippen molar-refractivity contribution in [2.24, 2.45) is 0 Å². The number of para-hydroxylation sites is 1. The van der Waals surface area contributed by atoms with Gasteiger partial charge in [-0.1, -0.05) is 31.0 Å². The van der Waals surface area contributed by atoms with Crippen LogP contribution in [0.1, 0.15) is 43.2 Å². The Bertz CT molecular complexity index is 705. The summed E-state index contributed by atoms with van der Waals surface area (Å²) in [5.74, 6) is 0.982. The van der Waals surface area contributed by atoms with Crippen LogP contribution in [0.25, 0.3) is 0 Å². The molecule has 3 amide bonds. The largest absolute Gasteiger partial charge is 0.491 e. The van der Waals surface area contributed by atoms with Crippen LogP contribution in [-0.2, 0) is 11.2 Å². The predicted molar refractivity (Wildman–Crippen MR) is 93.6 cm³/mol. The maximum absolute atomic E-state index is 12.6. The van der Waals surface area contributed by atoms with Crippen LogP contribution in [0.3, 0.4) is 0 Å². The van der Waals surface area contributed by atoms with Gasteiger partial charge >= 0.3 is 6.03 Å². The molecule has 1 unspecified atom stereocenters. The molecule has 0 aromatic heterocycles. The van der Waals surface area contributed by atoms with Crippen molar-refractivity contribution in [3.8, 4) is 5.75 Å². The SMILES string of the molecule is Cc1cccc2c1OCC(NC(=O)N[C@@]13CCCC[C@@H]1NC(=O)C3)C2. The van der Waals surface area contributed by atoms with Crippen molar-refractivity contribution in [3.63, 3.8) is 0 Å². The van der Waals surface area contributed by atoms with E-state index in [0.29, 0.717) is 13.0 Å². The maximum Gasteiger partial charge on any atom is 0.315 e. The monoisotopic (exact) mass is 343 g/mol. The highest BCUT2D eigenvalue weighted by molar-refractivity contribution is 5.84. The maximum atomic E-state index is 12.6. The molecule has 2 heterocycles. The summed E-state index contributed by atoms with van der Waals surface area (Å²) < 4.78 is 5.85. The summed E-state index contributed by atoms with van der Waals surface area (Å²) in [5, 5.41) is 9.17. The van der Waals surface area contributed by atoms with Gasteiger partial charge in [-0.2, -0.15) is 0 Å². The summed E-state index contributed by atoms with van der Waals surface area (Å²) >= 11 is 0. The first-order valence-corrected chi connectivity index (χ1v) is 9.15. The average Bonchev–Trinajstić information content (AvgIpc) is 2.90. The van der Waals surface area contributed by atoms with Crippen LogP contribution < -0.4 is 20.7 Å². The average molecular weight is 343 g/mol. The highest BCUT2D eigenvalue weighted by atomic mass is 16.5. The minimum atomic E-state index is -0.427. The lowest BCUT2D eigenvalue weighted by atomic mass is 9.78. The third-order valence-electron chi connectivity index (χ3n) is 5.73. The number of benzene rings is 1. The molecule has 134 valence electrons. The topological polar surface area (TPSA) is 79.5 Å². The molecule has 0 bridgehead atoms. The molecule has 3 aliphatic rings. The molecule has 2 fully saturated rings. The third kappa shape index (κ3) is 3.05. The second kappa shape index (κ2) is 6.24. The summed E-state index contributed by atoms with van der Waals surface area (Å²) in [4.78, 5) is 24.4. The zero-order valence-corrected chi connectivity index (χ0v) is 14.6. The van der Waals surface area contributed by atoms with Gasteiger partial charge in [0.2, 0.25) is 5.91 Å². The lowest BCUT2D eigenvalue weighted by molar-refractivity contribution is -0.119. The quantitative estimate of drug-likeness (QED) is 0.766. The van der Waals surface area contributed by atoms with Crippen molar-refractivity contribution in [2.45, 2.75) is 63.1 Å². The fourth-order valence-electron chi connectivity index (χ4n) is 4.52. The molecule has 3 atom stereocenters. The van der Waals surface area contributed by atoms with Gasteiger partial charge in [-0.05, 0) is 37.3 Å². The van der Waals surface area contributed by atoms with E-state index >= 15 is 0 Å². The Kier molecular flexibility index (Phi) is 4.06. The van der Waals surface area contributed by atoms with Crippen molar-refractivity contribution >= 4 is 11.9 Å². The summed E-state index contributed by atoms with van der Waals surface area (Å²) in [5.41, 5.74) is 1.83. The number of carbonyl (C=O) groups is 2. The van der Waals surface area contributed by atoms with Crippen LogP contribution >= 0.6 is 0 Å². The van der Waals surface area contributed by atoms with Crippen molar-refractivity contribution in [2.75, 3.05) is 6.61 Å². The smallest absolute Gasteiger partial charge is 0.315 e. The number of fused-ring (bicyclic) bond motifs is 2. The van der Waals surface area contributed by atoms with Crippen LogP contribution in [0, 0.1) is 6.92 Å². The summed E-state index contributed by atoms with van der Waals surface area (Å²) in [6.45, 7) is 2.50. The van der Waals surface area contributed by atoms with E-state index in [1.807, 2.05) is 25.1 Å². The van der Waals surface area contributed by atoms with Gasteiger partial charge in [-0.15, -0.1) is 0 Å². The molecule has 1 saturated heterocycles. The minimum Gasteiger partial charge on any atom is -0.491 e. The molecular weight excluding hydrogens is 318 g/mol. The lowest BCUT2D eigenvalue weighted by Gasteiger charge is -2.39. The molecule has 25 heavy (non-hydrogen) atoms. The molecule has 1 saturated carbocycles. The molecule has 6 heteroatoms. The molecule has 0 spiro atoms. The first kappa shape index (κ1) is 16.2. The van der Waals surface area contributed by atoms with Gasteiger partial charge < -0.3 is 20.7 Å². The molecule has 4 rings (SSSR count). The van der Waals surface area contributed by atoms with E-state index in [-0.39, 0.29) is 24.0 Å². The Labute approximate surface area is 147 Å². The third-order valence-corrected chi connectivity index (χ3v) is 5.73. The van der Waals surface area contributed by atoms with Crippen LogP contribution in [0.2, 0.25) is 0 Å². The highest BCUT2D eigenvalue weighted by Gasteiger charge is 2.49. The minimum absolute atomic E-state index is 0.0394. The van der Waals surface area contributed by atoms with Gasteiger partial charge in [0.1, 0.15) is 12.4 Å². The fourth-order valence-corrected chi connectivity index (χ4v) is 4.52. The number of ether oxygens (including phenoxy) is 1. The van der Waals surface area contributed by atoms with Gasteiger partial charge in [0, 0.05) is 0 Å².